The first-order valence-electron chi connectivity index (χ1n) is 5.48. The fourth-order valence-corrected chi connectivity index (χ4v) is 3.65. The van der Waals surface area contributed by atoms with E-state index >= 15 is 0 Å². The second kappa shape index (κ2) is 5.90. The SMILES string of the molecule is CN=C1SCC(O)(c2cccc(S(N)(=O)=O)c2)N1C.Cl. The maximum absolute atomic E-state index is 11.4. The number of nitrogens with zero attached hydrogens (tertiary/aromatic N) is 2. The Morgan fingerprint density at radius 3 is 2.65 bits per heavy atom. The van der Waals surface area contributed by atoms with Gasteiger partial charge in [-0.05, 0) is 12.1 Å². The van der Waals surface area contributed by atoms with Crippen LogP contribution in [0.4, 0.5) is 0 Å². The summed E-state index contributed by atoms with van der Waals surface area (Å²) >= 11 is 1.41. The van der Waals surface area contributed by atoms with Gasteiger partial charge in [0, 0.05) is 19.7 Å². The third-order valence-corrected chi connectivity index (χ3v) is 5.23. The van der Waals surface area contributed by atoms with E-state index in [1.807, 2.05) is 0 Å². The number of hydrogen-bond donors (Lipinski definition) is 2. The highest BCUT2D eigenvalue weighted by atomic mass is 35.5. The number of aliphatic imine (C=N–C) groups is 1. The van der Waals surface area contributed by atoms with Gasteiger partial charge in [0.15, 0.2) is 10.9 Å². The monoisotopic (exact) mass is 337 g/mol. The predicted molar refractivity (Wildman–Crippen MR) is 82.5 cm³/mol. The van der Waals surface area contributed by atoms with Crippen molar-refractivity contribution in [3.63, 3.8) is 0 Å². The number of aliphatic hydroxyl groups is 1. The van der Waals surface area contributed by atoms with Crippen LogP contribution in [0, 0.1) is 0 Å². The molecule has 1 aliphatic rings. The number of sulfonamides is 1. The minimum atomic E-state index is -3.78. The number of nitrogens with two attached hydrogens (primary N) is 1. The number of rotatable bonds is 2. The molecular formula is C11H16ClN3O3S2. The first-order valence-corrected chi connectivity index (χ1v) is 8.01. The Balaban J connectivity index is 0.00000200. The molecule has 112 valence electrons. The summed E-state index contributed by atoms with van der Waals surface area (Å²) in [4.78, 5) is 5.67. The topological polar surface area (TPSA) is 96.0 Å². The van der Waals surface area contributed by atoms with Crippen LogP contribution in [0.25, 0.3) is 0 Å². The van der Waals surface area contributed by atoms with Crippen molar-refractivity contribution in [2.45, 2.75) is 10.6 Å². The summed E-state index contributed by atoms with van der Waals surface area (Å²) in [7, 11) is -0.426. The molecule has 0 amide bonds. The summed E-state index contributed by atoms with van der Waals surface area (Å²) in [6.07, 6.45) is 0. The largest absolute Gasteiger partial charge is 0.366 e. The third kappa shape index (κ3) is 2.94. The van der Waals surface area contributed by atoms with Crippen LogP contribution in [0.2, 0.25) is 0 Å². The summed E-state index contributed by atoms with van der Waals surface area (Å²) < 4.78 is 22.7. The lowest BCUT2D eigenvalue weighted by Crippen LogP contribution is -2.42. The van der Waals surface area contributed by atoms with Gasteiger partial charge in [0.1, 0.15) is 0 Å². The molecule has 1 fully saturated rings. The highest BCUT2D eigenvalue weighted by Gasteiger charge is 2.42. The molecule has 0 radical (unpaired) electrons. The first-order chi connectivity index (χ1) is 8.79. The number of primary sulfonamides is 1. The molecule has 0 saturated carbocycles. The van der Waals surface area contributed by atoms with Crippen LogP contribution in [-0.2, 0) is 15.7 Å². The zero-order chi connectivity index (χ0) is 14.3. The molecule has 1 aromatic carbocycles. The predicted octanol–water partition coefficient (Wildman–Crippen LogP) is 0.565. The van der Waals surface area contributed by atoms with Crippen molar-refractivity contribution in [1.29, 1.82) is 0 Å². The van der Waals surface area contributed by atoms with Gasteiger partial charge in [0.25, 0.3) is 0 Å². The van der Waals surface area contributed by atoms with Crippen LogP contribution in [0.15, 0.2) is 34.2 Å². The smallest absolute Gasteiger partial charge is 0.238 e. The summed E-state index contributed by atoms with van der Waals surface area (Å²) in [5, 5.41) is 16.5. The minimum Gasteiger partial charge on any atom is -0.366 e. The highest BCUT2D eigenvalue weighted by Crippen LogP contribution is 2.38. The van der Waals surface area contributed by atoms with E-state index in [1.165, 1.54) is 23.9 Å². The Labute approximate surface area is 128 Å². The molecule has 1 aliphatic heterocycles. The number of amidine groups is 1. The fraction of sp³-hybridized carbons (Fsp3) is 0.364. The molecule has 6 nitrogen and oxygen atoms in total. The maximum atomic E-state index is 11.4. The molecular weight excluding hydrogens is 322 g/mol. The Hall–Kier alpha value is -0.800. The molecule has 1 unspecified atom stereocenters. The number of halogens is 1. The fourth-order valence-electron chi connectivity index (χ4n) is 1.93. The van der Waals surface area contributed by atoms with Gasteiger partial charge < -0.3 is 10.0 Å². The van der Waals surface area contributed by atoms with Gasteiger partial charge in [-0.15, -0.1) is 12.4 Å². The quantitative estimate of drug-likeness (QED) is 0.822. The minimum absolute atomic E-state index is 0. The lowest BCUT2D eigenvalue weighted by Gasteiger charge is -2.31. The van der Waals surface area contributed by atoms with E-state index in [2.05, 4.69) is 4.99 Å². The first kappa shape index (κ1) is 17.3. The van der Waals surface area contributed by atoms with Crippen molar-refractivity contribution >= 4 is 39.4 Å². The molecule has 0 spiro atoms. The summed E-state index contributed by atoms with van der Waals surface area (Å²) in [5.74, 6) is 0.379. The van der Waals surface area contributed by atoms with E-state index in [9.17, 15) is 13.5 Å². The van der Waals surface area contributed by atoms with E-state index in [4.69, 9.17) is 5.14 Å². The van der Waals surface area contributed by atoms with E-state index in [0.29, 0.717) is 16.5 Å². The van der Waals surface area contributed by atoms with E-state index in [0.717, 1.165) is 0 Å². The molecule has 1 atom stereocenters. The highest BCUT2D eigenvalue weighted by molar-refractivity contribution is 8.14. The Morgan fingerprint density at radius 2 is 2.15 bits per heavy atom. The Bertz CT molecular complexity index is 636. The molecule has 0 bridgehead atoms. The standard InChI is InChI=1S/C11H15N3O3S2.ClH/c1-13-10-14(2)11(15,7-18-10)8-4-3-5-9(6-8)19(12,16)17;/h3-6,15H,7H2,1-2H3,(H2,12,16,17);1H. The Kier molecular flexibility index (Phi) is 5.09. The van der Waals surface area contributed by atoms with Gasteiger partial charge in [-0.1, -0.05) is 23.9 Å². The average molecular weight is 338 g/mol. The molecule has 1 heterocycles. The van der Waals surface area contributed by atoms with Crippen LogP contribution >= 0.6 is 24.2 Å². The lowest BCUT2D eigenvalue weighted by atomic mass is 10.0. The van der Waals surface area contributed by atoms with Gasteiger partial charge in [-0.2, -0.15) is 0 Å². The molecule has 0 aromatic heterocycles. The maximum Gasteiger partial charge on any atom is 0.238 e. The zero-order valence-electron chi connectivity index (χ0n) is 11.0. The van der Waals surface area contributed by atoms with E-state index in [1.54, 1.807) is 31.1 Å². The van der Waals surface area contributed by atoms with Crippen molar-refractivity contribution in [3.8, 4) is 0 Å². The molecule has 1 saturated heterocycles. The van der Waals surface area contributed by atoms with Crippen LogP contribution in [0.3, 0.4) is 0 Å². The van der Waals surface area contributed by atoms with Crippen LogP contribution in [0.5, 0.6) is 0 Å². The van der Waals surface area contributed by atoms with Crippen LogP contribution in [0.1, 0.15) is 5.56 Å². The van der Waals surface area contributed by atoms with Gasteiger partial charge in [0.05, 0.1) is 10.6 Å². The second-order valence-corrected chi connectivity index (χ2v) is 6.75. The average Bonchev–Trinajstić information content (AvgIpc) is 2.66. The Morgan fingerprint density at radius 1 is 1.50 bits per heavy atom. The van der Waals surface area contributed by atoms with Crippen molar-refractivity contribution in [2.75, 3.05) is 19.8 Å². The van der Waals surface area contributed by atoms with E-state index in [-0.39, 0.29) is 17.3 Å². The molecule has 2 rings (SSSR count). The number of hydrogen-bond acceptors (Lipinski definition) is 5. The van der Waals surface area contributed by atoms with Crippen molar-refractivity contribution in [2.24, 2.45) is 10.1 Å². The summed E-state index contributed by atoms with van der Waals surface area (Å²) in [6, 6.07) is 6.03. The van der Waals surface area contributed by atoms with Crippen LogP contribution in [-0.4, -0.2) is 43.4 Å². The molecule has 1 aromatic rings. The number of benzene rings is 1. The van der Waals surface area contributed by atoms with Gasteiger partial charge >= 0.3 is 0 Å². The second-order valence-electron chi connectivity index (χ2n) is 4.24. The van der Waals surface area contributed by atoms with Gasteiger partial charge in [-0.3, -0.25) is 4.99 Å². The third-order valence-electron chi connectivity index (χ3n) is 3.06. The molecule has 0 aliphatic carbocycles. The van der Waals surface area contributed by atoms with Crippen molar-refractivity contribution in [3.05, 3.63) is 29.8 Å². The molecule has 9 heteroatoms. The normalized spacial score (nSPS) is 24.8. The van der Waals surface area contributed by atoms with Crippen molar-refractivity contribution in [1.82, 2.24) is 4.90 Å². The number of thioether (sulfide) groups is 1. The van der Waals surface area contributed by atoms with Crippen molar-refractivity contribution < 1.29 is 13.5 Å². The molecule has 20 heavy (non-hydrogen) atoms. The summed E-state index contributed by atoms with van der Waals surface area (Å²) in [5.41, 5.74) is -0.798. The van der Waals surface area contributed by atoms with Gasteiger partial charge in [0.2, 0.25) is 10.0 Å². The zero-order valence-corrected chi connectivity index (χ0v) is 13.4. The van der Waals surface area contributed by atoms with Crippen LogP contribution < -0.4 is 5.14 Å². The molecule has 3 N–H and O–H groups in total. The van der Waals surface area contributed by atoms with Gasteiger partial charge in [-0.25, -0.2) is 13.6 Å². The lowest BCUT2D eigenvalue weighted by molar-refractivity contribution is -0.0349. The van der Waals surface area contributed by atoms with E-state index < -0.39 is 15.7 Å². The summed E-state index contributed by atoms with van der Waals surface area (Å²) in [6.45, 7) is 0.